The third-order valence-electron chi connectivity index (χ3n) is 3.93. The van der Waals surface area contributed by atoms with Crippen LogP contribution in [0.4, 0.5) is 16.2 Å². The number of pyridine rings is 1. The van der Waals surface area contributed by atoms with Crippen LogP contribution in [0, 0.1) is 0 Å². The average molecular weight is 384 g/mol. The third kappa shape index (κ3) is 3.83. The fourth-order valence-electron chi connectivity index (χ4n) is 2.69. The normalized spacial score (nSPS) is 10.4. The van der Waals surface area contributed by atoms with Crippen LogP contribution in [-0.4, -0.2) is 42.4 Å². The zero-order valence-electron chi connectivity index (χ0n) is 15.7. The van der Waals surface area contributed by atoms with E-state index in [0.717, 1.165) is 0 Å². The summed E-state index contributed by atoms with van der Waals surface area (Å²) in [4.78, 5) is 24.4. The summed E-state index contributed by atoms with van der Waals surface area (Å²) >= 11 is 0. The number of amides is 2. The van der Waals surface area contributed by atoms with E-state index >= 15 is 0 Å². The zero-order chi connectivity index (χ0) is 20.1. The molecule has 28 heavy (non-hydrogen) atoms. The largest absolute Gasteiger partial charge is 0.493 e. The van der Waals surface area contributed by atoms with Crippen molar-refractivity contribution in [2.45, 2.75) is 6.92 Å². The third-order valence-corrected chi connectivity index (χ3v) is 3.93. The maximum Gasteiger partial charge on any atom is 0.341 e. The highest BCUT2D eigenvalue weighted by Crippen LogP contribution is 2.34. The topological polar surface area (TPSA) is 103 Å². The summed E-state index contributed by atoms with van der Waals surface area (Å²) in [7, 11) is 3.01. The molecule has 0 fully saturated rings. The lowest BCUT2D eigenvalue weighted by molar-refractivity contribution is 0.0528. The molecule has 0 spiro atoms. The number of hydrogen-bond donors (Lipinski definition) is 2. The van der Waals surface area contributed by atoms with Gasteiger partial charge in [0.25, 0.3) is 0 Å². The molecule has 2 aromatic heterocycles. The number of ether oxygens (including phenoxy) is 3. The molecule has 2 amide bonds. The van der Waals surface area contributed by atoms with Crippen molar-refractivity contribution in [2.24, 2.45) is 0 Å². The molecule has 3 aromatic rings. The van der Waals surface area contributed by atoms with Crippen molar-refractivity contribution in [2.75, 3.05) is 31.5 Å². The lowest BCUT2D eigenvalue weighted by Crippen LogP contribution is -2.20. The summed E-state index contributed by atoms with van der Waals surface area (Å²) in [6, 6.07) is 7.99. The summed E-state index contributed by atoms with van der Waals surface area (Å²) in [6.45, 7) is 1.99. The minimum Gasteiger partial charge on any atom is -0.493 e. The van der Waals surface area contributed by atoms with Crippen LogP contribution in [0.2, 0.25) is 0 Å². The number of fused-ring (bicyclic) bond motifs is 1. The summed E-state index contributed by atoms with van der Waals surface area (Å²) in [5.41, 5.74) is 1.78. The SMILES string of the molecule is CCOC(=O)c1cnn2ccc(NC(=O)Nc3cccc(OC)c3OC)cc12. The molecular formula is C19H20N4O5. The first-order valence-corrected chi connectivity index (χ1v) is 8.50. The van der Waals surface area contributed by atoms with Gasteiger partial charge in [-0.15, -0.1) is 0 Å². The fraction of sp³-hybridized carbons (Fsp3) is 0.211. The summed E-state index contributed by atoms with van der Waals surface area (Å²) < 4.78 is 17.1. The van der Waals surface area contributed by atoms with Gasteiger partial charge in [-0.25, -0.2) is 14.1 Å². The van der Waals surface area contributed by atoms with Crippen molar-refractivity contribution in [3.05, 3.63) is 48.3 Å². The second kappa shape index (κ2) is 8.30. The smallest absolute Gasteiger partial charge is 0.341 e. The van der Waals surface area contributed by atoms with E-state index < -0.39 is 12.0 Å². The van der Waals surface area contributed by atoms with E-state index in [2.05, 4.69) is 15.7 Å². The van der Waals surface area contributed by atoms with Crippen LogP contribution in [0.15, 0.2) is 42.7 Å². The second-order valence-electron chi connectivity index (χ2n) is 5.64. The van der Waals surface area contributed by atoms with Crippen LogP contribution >= 0.6 is 0 Å². The molecule has 3 rings (SSSR count). The van der Waals surface area contributed by atoms with E-state index in [-0.39, 0.29) is 6.61 Å². The number of esters is 1. The van der Waals surface area contributed by atoms with Crippen LogP contribution in [0.1, 0.15) is 17.3 Å². The first-order valence-electron chi connectivity index (χ1n) is 8.50. The molecule has 0 radical (unpaired) electrons. The highest BCUT2D eigenvalue weighted by atomic mass is 16.5. The van der Waals surface area contributed by atoms with Crippen molar-refractivity contribution < 1.29 is 23.8 Å². The molecule has 0 aliphatic carbocycles. The quantitative estimate of drug-likeness (QED) is 0.633. The van der Waals surface area contributed by atoms with Gasteiger partial charge in [-0.05, 0) is 31.2 Å². The van der Waals surface area contributed by atoms with E-state index in [1.807, 2.05) is 0 Å². The maximum absolute atomic E-state index is 12.4. The number of anilines is 2. The summed E-state index contributed by atoms with van der Waals surface area (Å²) in [5.74, 6) is 0.441. The minimum absolute atomic E-state index is 0.263. The molecule has 9 heteroatoms. The molecule has 2 N–H and O–H groups in total. The number of nitrogens with one attached hydrogen (secondary N) is 2. The fourth-order valence-corrected chi connectivity index (χ4v) is 2.69. The molecule has 0 aliphatic rings. The van der Waals surface area contributed by atoms with Crippen LogP contribution in [-0.2, 0) is 4.74 Å². The number of carbonyl (C=O) groups is 2. The molecule has 9 nitrogen and oxygen atoms in total. The molecule has 0 saturated heterocycles. The van der Waals surface area contributed by atoms with Gasteiger partial charge in [0.1, 0.15) is 5.56 Å². The first kappa shape index (κ1) is 19.0. The van der Waals surface area contributed by atoms with Crippen molar-refractivity contribution in [3.8, 4) is 11.5 Å². The van der Waals surface area contributed by atoms with Crippen LogP contribution in [0.3, 0.4) is 0 Å². The van der Waals surface area contributed by atoms with Gasteiger partial charge in [-0.1, -0.05) is 6.07 Å². The number of urea groups is 1. The number of para-hydroxylation sites is 1. The Morgan fingerprint density at radius 3 is 2.68 bits per heavy atom. The Morgan fingerprint density at radius 1 is 1.14 bits per heavy atom. The van der Waals surface area contributed by atoms with Crippen LogP contribution < -0.4 is 20.1 Å². The van der Waals surface area contributed by atoms with Gasteiger partial charge in [0, 0.05) is 11.9 Å². The molecule has 0 saturated carbocycles. The summed E-state index contributed by atoms with van der Waals surface area (Å²) in [5, 5.41) is 9.54. The highest BCUT2D eigenvalue weighted by Gasteiger charge is 2.15. The molecular weight excluding hydrogens is 364 g/mol. The number of methoxy groups -OCH3 is 2. The Labute approximate surface area is 161 Å². The standard InChI is InChI=1S/C19H20N4O5/c1-4-28-18(24)13-11-20-23-9-8-12(10-15(13)23)21-19(25)22-14-6-5-7-16(26-2)17(14)27-3/h5-11H,4H2,1-3H3,(H2,21,22,25). The van der Waals surface area contributed by atoms with E-state index in [4.69, 9.17) is 14.2 Å². The molecule has 0 unspecified atom stereocenters. The maximum atomic E-state index is 12.4. The molecule has 0 atom stereocenters. The lowest BCUT2D eigenvalue weighted by Gasteiger charge is -2.14. The van der Waals surface area contributed by atoms with Crippen molar-refractivity contribution in [3.63, 3.8) is 0 Å². The van der Waals surface area contributed by atoms with E-state index in [1.54, 1.807) is 43.5 Å². The highest BCUT2D eigenvalue weighted by molar-refractivity contribution is 6.02. The van der Waals surface area contributed by atoms with E-state index in [9.17, 15) is 9.59 Å². The molecule has 0 bridgehead atoms. The van der Waals surface area contributed by atoms with Gasteiger partial charge >= 0.3 is 12.0 Å². The molecule has 2 heterocycles. The van der Waals surface area contributed by atoms with Gasteiger partial charge in [0.05, 0.1) is 38.2 Å². The lowest BCUT2D eigenvalue weighted by atomic mass is 10.2. The van der Waals surface area contributed by atoms with Gasteiger partial charge in [0.15, 0.2) is 11.5 Å². The number of nitrogens with zero attached hydrogens (tertiary/aromatic N) is 2. The van der Waals surface area contributed by atoms with E-state index in [1.165, 1.54) is 24.9 Å². The number of rotatable bonds is 6. The number of hydrogen-bond acceptors (Lipinski definition) is 6. The van der Waals surface area contributed by atoms with Crippen molar-refractivity contribution >= 4 is 28.9 Å². The Morgan fingerprint density at radius 2 is 1.96 bits per heavy atom. The Balaban J connectivity index is 1.80. The van der Waals surface area contributed by atoms with E-state index in [0.29, 0.717) is 34.0 Å². The Kier molecular flexibility index (Phi) is 5.64. The average Bonchev–Trinajstić information content (AvgIpc) is 3.11. The van der Waals surface area contributed by atoms with Gasteiger partial charge in [-0.2, -0.15) is 5.10 Å². The molecule has 1 aromatic carbocycles. The van der Waals surface area contributed by atoms with Crippen molar-refractivity contribution in [1.29, 1.82) is 0 Å². The monoisotopic (exact) mass is 384 g/mol. The molecule has 0 aliphatic heterocycles. The zero-order valence-corrected chi connectivity index (χ0v) is 15.7. The Bertz CT molecular complexity index is 1010. The van der Waals surface area contributed by atoms with Crippen LogP contribution in [0.5, 0.6) is 11.5 Å². The Hall–Kier alpha value is -3.75. The number of carbonyl (C=O) groups excluding carboxylic acids is 2. The van der Waals surface area contributed by atoms with Gasteiger partial charge in [0.2, 0.25) is 0 Å². The number of benzene rings is 1. The predicted octanol–water partition coefficient (Wildman–Crippen LogP) is 3.17. The second-order valence-corrected chi connectivity index (χ2v) is 5.64. The summed E-state index contributed by atoms with van der Waals surface area (Å²) in [6.07, 6.45) is 3.07. The molecule has 146 valence electrons. The number of aromatic nitrogens is 2. The van der Waals surface area contributed by atoms with Gasteiger partial charge in [-0.3, -0.25) is 0 Å². The predicted molar refractivity (Wildman–Crippen MR) is 103 cm³/mol. The van der Waals surface area contributed by atoms with Crippen molar-refractivity contribution in [1.82, 2.24) is 9.61 Å². The van der Waals surface area contributed by atoms with Crippen LogP contribution in [0.25, 0.3) is 5.52 Å². The first-order chi connectivity index (χ1) is 13.6. The van der Waals surface area contributed by atoms with Gasteiger partial charge < -0.3 is 24.8 Å². The minimum atomic E-state index is -0.479.